The van der Waals surface area contributed by atoms with Crippen LogP contribution in [0.1, 0.15) is 86.0 Å². The molecule has 5 nitrogen and oxygen atoms in total. The van der Waals surface area contributed by atoms with Crippen LogP contribution in [0.15, 0.2) is 47.6 Å². The van der Waals surface area contributed by atoms with Crippen LogP contribution >= 0.6 is 0 Å². The molecule has 204 valence electrons. The second kappa shape index (κ2) is 10.7. The second-order valence-corrected chi connectivity index (χ2v) is 12.3. The van der Waals surface area contributed by atoms with Crippen LogP contribution < -0.4 is 0 Å². The number of ether oxygens (including phenoxy) is 2. The molecule has 0 N–H and O–H groups in total. The molecule has 3 rings (SSSR count). The number of carbonyl (C=O) groups excluding carboxylic acids is 3. The van der Waals surface area contributed by atoms with Gasteiger partial charge in [0.05, 0.1) is 14.2 Å². The van der Waals surface area contributed by atoms with Gasteiger partial charge in [-0.25, -0.2) is 4.79 Å². The van der Waals surface area contributed by atoms with Gasteiger partial charge in [0.1, 0.15) is 0 Å². The molecule has 0 aliphatic heterocycles. The summed E-state index contributed by atoms with van der Waals surface area (Å²) in [7, 11) is 2.78. The molecule has 0 saturated heterocycles. The van der Waals surface area contributed by atoms with Crippen LogP contribution in [0.25, 0.3) is 0 Å². The zero-order valence-corrected chi connectivity index (χ0v) is 24.0. The highest BCUT2D eigenvalue weighted by Gasteiger charge is 2.64. The summed E-state index contributed by atoms with van der Waals surface area (Å²) in [5, 5.41) is 0. The molecule has 2 fully saturated rings. The molecule has 3 aliphatic carbocycles. The van der Waals surface area contributed by atoms with Gasteiger partial charge < -0.3 is 9.47 Å². The van der Waals surface area contributed by atoms with Gasteiger partial charge in [-0.2, -0.15) is 0 Å². The van der Waals surface area contributed by atoms with Crippen LogP contribution in [0.2, 0.25) is 0 Å². The van der Waals surface area contributed by atoms with Crippen LogP contribution in [0.4, 0.5) is 0 Å². The van der Waals surface area contributed by atoms with Gasteiger partial charge in [-0.15, -0.1) is 0 Å². The molecule has 0 aromatic rings. The zero-order valence-electron chi connectivity index (χ0n) is 24.0. The van der Waals surface area contributed by atoms with Gasteiger partial charge >= 0.3 is 11.9 Å². The largest absolute Gasteiger partial charge is 0.469 e. The van der Waals surface area contributed by atoms with Gasteiger partial charge in [0, 0.05) is 23.8 Å². The molecule has 0 aromatic carbocycles. The molecule has 0 unspecified atom stereocenters. The molecular formula is C32H46O5. The van der Waals surface area contributed by atoms with E-state index in [1.807, 2.05) is 0 Å². The number of hydrogen-bond acceptors (Lipinski definition) is 5. The van der Waals surface area contributed by atoms with E-state index in [0.29, 0.717) is 30.3 Å². The molecule has 6 atom stereocenters. The third kappa shape index (κ3) is 4.79. The van der Waals surface area contributed by atoms with Crippen molar-refractivity contribution in [3.63, 3.8) is 0 Å². The first-order valence-corrected chi connectivity index (χ1v) is 13.7. The number of fused-ring (bicyclic) bond motifs is 2. The highest BCUT2D eigenvalue weighted by molar-refractivity contribution is 5.99. The van der Waals surface area contributed by atoms with Crippen LogP contribution in [0.5, 0.6) is 0 Å². The van der Waals surface area contributed by atoms with Gasteiger partial charge in [0.15, 0.2) is 5.78 Å². The van der Waals surface area contributed by atoms with E-state index < -0.39 is 5.97 Å². The van der Waals surface area contributed by atoms with E-state index in [4.69, 9.17) is 9.47 Å². The minimum absolute atomic E-state index is 0.0401. The van der Waals surface area contributed by atoms with Crippen LogP contribution in [0.3, 0.4) is 0 Å². The fourth-order valence-electron chi connectivity index (χ4n) is 8.25. The quantitative estimate of drug-likeness (QED) is 0.191. The summed E-state index contributed by atoms with van der Waals surface area (Å²) in [6.07, 6.45) is 10.4. The summed E-state index contributed by atoms with van der Waals surface area (Å²) in [4.78, 5) is 36.9. The Morgan fingerprint density at radius 3 is 2.43 bits per heavy atom. The first-order chi connectivity index (χ1) is 17.3. The second-order valence-electron chi connectivity index (χ2n) is 12.3. The predicted octanol–water partition coefficient (Wildman–Crippen LogP) is 6.94. The summed E-state index contributed by atoms with van der Waals surface area (Å²) >= 11 is 0. The summed E-state index contributed by atoms with van der Waals surface area (Å²) in [5.74, 6) is 0.0892. The maximum Gasteiger partial charge on any atom is 0.333 e. The standard InChI is InChI=1S/C32H46O5/c1-20(2)25-10-11-27-26(30(25,6)15-14-28(34)36-8)13-17-32(27)22(4)12-16-31(32,7)23(5)19-24(33)18-21(3)29(35)37-9/h11,18,23,25-26H,1,4,10,12-17,19H2,2-3,5-9H3/b21-18+/t23-,25+,26-,30+,31+,32+/m1/s1. The smallest absolute Gasteiger partial charge is 0.333 e. The molecule has 0 bridgehead atoms. The maximum atomic E-state index is 13.0. The Hall–Kier alpha value is -2.43. The van der Waals surface area contributed by atoms with Crippen molar-refractivity contribution < 1.29 is 23.9 Å². The monoisotopic (exact) mass is 510 g/mol. The predicted molar refractivity (Wildman–Crippen MR) is 147 cm³/mol. The third-order valence-electron chi connectivity index (χ3n) is 10.5. The Morgan fingerprint density at radius 2 is 1.84 bits per heavy atom. The number of carbonyl (C=O) groups is 3. The van der Waals surface area contributed by atoms with Crippen molar-refractivity contribution in [1.29, 1.82) is 0 Å². The summed E-state index contributed by atoms with van der Waals surface area (Å²) in [5.41, 5.74) is 3.91. The fraction of sp³-hybridized carbons (Fsp3) is 0.656. The molecule has 37 heavy (non-hydrogen) atoms. The van der Waals surface area contributed by atoms with E-state index in [-0.39, 0.29) is 33.9 Å². The normalized spacial score (nSPS) is 34.1. The van der Waals surface area contributed by atoms with Crippen molar-refractivity contribution in [2.75, 3.05) is 14.2 Å². The van der Waals surface area contributed by atoms with Gasteiger partial charge in [0.2, 0.25) is 0 Å². The highest BCUT2D eigenvalue weighted by Crippen LogP contribution is 2.73. The highest BCUT2D eigenvalue weighted by atomic mass is 16.5. The lowest BCUT2D eigenvalue weighted by Crippen LogP contribution is -2.45. The Kier molecular flexibility index (Phi) is 8.46. The van der Waals surface area contributed by atoms with E-state index in [2.05, 4.69) is 46.9 Å². The molecule has 0 aromatic heterocycles. The first kappa shape index (κ1) is 29.1. The molecular weight excluding hydrogens is 464 g/mol. The first-order valence-electron chi connectivity index (χ1n) is 13.7. The number of rotatable bonds is 9. The zero-order chi connectivity index (χ0) is 27.8. The molecule has 0 radical (unpaired) electrons. The molecule has 0 heterocycles. The Bertz CT molecular complexity index is 1050. The van der Waals surface area contributed by atoms with E-state index >= 15 is 0 Å². The van der Waals surface area contributed by atoms with Crippen molar-refractivity contribution in [2.45, 2.75) is 86.0 Å². The van der Waals surface area contributed by atoms with E-state index in [1.165, 1.54) is 37.0 Å². The Morgan fingerprint density at radius 1 is 1.16 bits per heavy atom. The number of hydrogen-bond donors (Lipinski definition) is 0. The van der Waals surface area contributed by atoms with E-state index in [9.17, 15) is 14.4 Å². The SMILES string of the molecule is C=C(C)[C@@H]1CC=C2[C@@H](CC[C@]23C(=C)CC[C@@]3(C)[C@H](C)CC(=O)/C=C(\C)C(=O)OC)[C@@]1(C)CCC(=O)OC. The van der Waals surface area contributed by atoms with E-state index in [1.54, 1.807) is 6.92 Å². The Balaban J connectivity index is 1.98. The lowest BCUT2D eigenvalue weighted by Gasteiger charge is -2.52. The fourth-order valence-corrected chi connectivity index (χ4v) is 8.25. The molecule has 1 spiro atoms. The Labute approximate surface area is 223 Å². The number of allylic oxidation sites excluding steroid dienone is 5. The molecule has 3 aliphatic rings. The van der Waals surface area contributed by atoms with Crippen molar-refractivity contribution in [1.82, 2.24) is 0 Å². The van der Waals surface area contributed by atoms with Crippen LogP contribution in [0, 0.1) is 34.0 Å². The summed E-state index contributed by atoms with van der Waals surface area (Å²) in [6.45, 7) is 19.6. The maximum absolute atomic E-state index is 13.0. The van der Waals surface area contributed by atoms with E-state index in [0.717, 1.165) is 38.5 Å². The number of ketones is 1. The van der Waals surface area contributed by atoms with Crippen molar-refractivity contribution in [2.24, 2.45) is 34.0 Å². The molecule has 0 amide bonds. The van der Waals surface area contributed by atoms with Crippen LogP contribution in [-0.4, -0.2) is 31.9 Å². The lowest BCUT2D eigenvalue weighted by atomic mass is 9.51. The lowest BCUT2D eigenvalue weighted by molar-refractivity contribution is -0.141. The van der Waals surface area contributed by atoms with Gasteiger partial charge in [-0.05, 0) is 87.0 Å². The average Bonchev–Trinajstić information content (AvgIpc) is 3.38. The molecule has 2 saturated carbocycles. The van der Waals surface area contributed by atoms with Crippen LogP contribution in [-0.2, 0) is 23.9 Å². The number of methoxy groups -OCH3 is 2. The van der Waals surface area contributed by atoms with Crippen molar-refractivity contribution in [3.8, 4) is 0 Å². The minimum atomic E-state index is -0.470. The average molecular weight is 511 g/mol. The number of esters is 2. The topological polar surface area (TPSA) is 69.7 Å². The summed E-state index contributed by atoms with van der Waals surface area (Å²) in [6, 6.07) is 0. The third-order valence-corrected chi connectivity index (χ3v) is 10.5. The van der Waals surface area contributed by atoms with Crippen molar-refractivity contribution in [3.05, 3.63) is 47.6 Å². The molecule has 5 heteroatoms. The van der Waals surface area contributed by atoms with Gasteiger partial charge in [-0.3, -0.25) is 9.59 Å². The van der Waals surface area contributed by atoms with Crippen molar-refractivity contribution >= 4 is 17.7 Å². The van der Waals surface area contributed by atoms with Gasteiger partial charge in [0.25, 0.3) is 0 Å². The minimum Gasteiger partial charge on any atom is -0.469 e. The summed E-state index contributed by atoms with van der Waals surface area (Å²) < 4.78 is 9.76. The van der Waals surface area contributed by atoms with Gasteiger partial charge in [-0.1, -0.05) is 56.7 Å².